The predicted molar refractivity (Wildman–Crippen MR) is 128 cm³/mol. The maximum Gasteiger partial charge on any atom is 0.323 e. The van der Waals surface area contributed by atoms with Crippen LogP contribution in [0.4, 0.5) is 10.5 Å². The molecule has 9 nitrogen and oxygen atoms in total. The number of thiophene rings is 1. The van der Waals surface area contributed by atoms with Gasteiger partial charge in [-0.05, 0) is 61.4 Å². The zero-order valence-electron chi connectivity index (χ0n) is 17.8. The molecule has 33 heavy (non-hydrogen) atoms. The van der Waals surface area contributed by atoms with Gasteiger partial charge < -0.3 is 16.4 Å². The van der Waals surface area contributed by atoms with Crippen LogP contribution in [0.25, 0.3) is 0 Å². The number of amides is 3. The normalized spacial score (nSPS) is 23.9. The number of hydrogen-bond donors (Lipinski definition) is 3. The highest BCUT2D eigenvalue weighted by molar-refractivity contribution is 7.91. The fraction of sp³-hybridized carbons (Fsp3) is 0.429. The van der Waals surface area contributed by atoms with Gasteiger partial charge >= 0.3 is 6.03 Å². The van der Waals surface area contributed by atoms with Crippen LogP contribution in [0, 0.1) is 0 Å². The van der Waals surface area contributed by atoms with Crippen molar-refractivity contribution in [3.63, 3.8) is 0 Å². The van der Waals surface area contributed by atoms with Crippen molar-refractivity contribution in [3.05, 3.63) is 46.8 Å². The van der Waals surface area contributed by atoms with E-state index in [2.05, 4.69) is 10.6 Å². The molecule has 1 aliphatic carbocycles. The number of nitrogens with two attached hydrogens (primary N) is 1. The molecule has 1 saturated carbocycles. The molecule has 2 heterocycles. The van der Waals surface area contributed by atoms with Gasteiger partial charge in [-0.2, -0.15) is 4.31 Å². The molecule has 2 fully saturated rings. The maximum absolute atomic E-state index is 13.3. The summed E-state index contributed by atoms with van der Waals surface area (Å²) in [6, 6.07) is 9.11. The van der Waals surface area contributed by atoms with Crippen molar-refractivity contribution in [2.45, 2.75) is 48.1 Å². The van der Waals surface area contributed by atoms with Crippen LogP contribution in [0.1, 0.15) is 25.7 Å². The molecule has 1 aliphatic heterocycles. The van der Waals surface area contributed by atoms with Gasteiger partial charge in [0, 0.05) is 35.9 Å². The monoisotopic (exact) mass is 511 g/mol. The lowest BCUT2D eigenvalue weighted by molar-refractivity contribution is -0.128. The average molecular weight is 512 g/mol. The van der Waals surface area contributed by atoms with Crippen molar-refractivity contribution in [2.24, 2.45) is 5.73 Å². The Bertz CT molecular complexity index is 1090. The number of nitrogens with zero attached hydrogens (tertiary/aromatic N) is 2. The fourth-order valence-corrected chi connectivity index (χ4v) is 6.93. The first kappa shape index (κ1) is 24.0. The number of sulfonamides is 1. The molecular weight excluding hydrogens is 486 g/mol. The van der Waals surface area contributed by atoms with Gasteiger partial charge in [0.1, 0.15) is 4.21 Å². The molecule has 2 aromatic rings. The Morgan fingerprint density at radius 3 is 2.39 bits per heavy atom. The van der Waals surface area contributed by atoms with Crippen LogP contribution < -0.4 is 16.4 Å². The summed E-state index contributed by atoms with van der Waals surface area (Å²) in [6.07, 6.45) is 1.71. The minimum absolute atomic E-state index is 0.0158. The van der Waals surface area contributed by atoms with Crippen LogP contribution in [0.3, 0.4) is 0 Å². The summed E-state index contributed by atoms with van der Waals surface area (Å²) in [5, 5.41) is 7.85. The van der Waals surface area contributed by atoms with Crippen LogP contribution >= 0.6 is 22.9 Å². The second kappa shape index (κ2) is 9.98. The second-order valence-electron chi connectivity index (χ2n) is 8.17. The molecule has 1 atom stereocenters. The van der Waals surface area contributed by atoms with E-state index in [4.69, 9.17) is 17.3 Å². The lowest BCUT2D eigenvalue weighted by Gasteiger charge is -2.32. The van der Waals surface area contributed by atoms with Crippen molar-refractivity contribution in [1.82, 2.24) is 14.5 Å². The minimum atomic E-state index is -3.95. The number of carbonyl (C=O) groups excluding carboxylic acids is 2. The summed E-state index contributed by atoms with van der Waals surface area (Å²) in [4.78, 5) is 27.7. The highest BCUT2D eigenvalue weighted by atomic mass is 35.5. The summed E-state index contributed by atoms with van der Waals surface area (Å²) in [7, 11) is -3.95. The van der Waals surface area contributed by atoms with Gasteiger partial charge in [-0.25, -0.2) is 13.2 Å². The number of carbonyl (C=O) groups is 2. The molecule has 4 N–H and O–H groups in total. The topological polar surface area (TPSA) is 125 Å². The Kier molecular flexibility index (Phi) is 7.25. The Balaban J connectivity index is 1.57. The largest absolute Gasteiger partial charge is 0.350 e. The highest BCUT2D eigenvalue weighted by Crippen LogP contribution is 2.28. The van der Waals surface area contributed by atoms with Crippen LogP contribution in [-0.2, 0) is 14.8 Å². The van der Waals surface area contributed by atoms with Crippen molar-refractivity contribution in [3.8, 4) is 0 Å². The molecule has 1 saturated heterocycles. The SMILES string of the molecule is NC1CCC(NC(=O)C2N(C(=O)Nc3ccc(Cl)cc3)CCN2S(=O)(=O)c2cccs2)CC1. The Labute approximate surface area is 201 Å². The van der Waals surface area contributed by atoms with E-state index in [9.17, 15) is 18.0 Å². The molecule has 1 unspecified atom stereocenters. The van der Waals surface area contributed by atoms with E-state index < -0.39 is 28.1 Å². The van der Waals surface area contributed by atoms with Gasteiger partial charge in [0.15, 0.2) is 6.17 Å². The molecule has 178 valence electrons. The van der Waals surface area contributed by atoms with Crippen LogP contribution in [-0.4, -0.2) is 60.9 Å². The first-order valence-electron chi connectivity index (χ1n) is 10.7. The number of hydrogen-bond acceptors (Lipinski definition) is 6. The Morgan fingerprint density at radius 1 is 1.06 bits per heavy atom. The summed E-state index contributed by atoms with van der Waals surface area (Å²) < 4.78 is 27.8. The predicted octanol–water partition coefficient (Wildman–Crippen LogP) is 2.65. The third-order valence-electron chi connectivity index (χ3n) is 5.90. The van der Waals surface area contributed by atoms with E-state index in [1.54, 1.807) is 35.7 Å². The van der Waals surface area contributed by atoms with Crippen LogP contribution in [0.15, 0.2) is 46.0 Å². The summed E-state index contributed by atoms with van der Waals surface area (Å²) in [5.41, 5.74) is 6.45. The zero-order chi connectivity index (χ0) is 23.6. The van der Waals surface area contributed by atoms with E-state index in [1.165, 1.54) is 11.0 Å². The van der Waals surface area contributed by atoms with Gasteiger partial charge in [-0.1, -0.05) is 17.7 Å². The van der Waals surface area contributed by atoms with E-state index >= 15 is 0 Å². The number of urea groups is 1. The van der Waals surface area contributed by atoms with Gasteiger partial charge in [0.25, 0.3) is 15.9 Å². The van der Waals surface area contributed by atoms with Crippen LogP contribution in [0.5, 0.6) is 0 Å². The number of anilines is 1. The molecule has 0 bridgehead atoms. The highest BCUT2D eigenvalue weighted by Gasteiger charge is 2.47. The number of rotatable bonds is 5. The Morgan fingerprint density at radius 2 is 1.76 bits per heavy atom. The van der Waals surface area contributed by atoms with Crippen molar-refractivity contribution in [1.29, 1.82) is 0 Å². The van der Waals surface area contributed by atoms with E-state index in [0.29, 0.717) is 23.6 Å². The minimum Gasteiger partial charge on any atom is -0.350 e. The average Bonchev–Trinajstić information content (AvgIpc) is 3.48. The smallest absolute Gasteiger partial charge is 0.323 e. The third-order valence-corrected chi connectivity index (χ3v) is 9.37. The number of nitrogens with one attached hydrogen (secondary N) is 2. The summed E-state index contributed by atoms with van der Waals surface area (Å²) in [6.45, 7) is 0.0968. The van der Waals surface area contributed by atoms with E-state index in [0.717, 1.165) is 28.5 Å². The van der Waals surface area contributed by atoms with Crippen molar-refractivity contribution >= 4 is 50.6 Å². The molecule has 1 aromatic carbocycles. The standard InChI is InChI=1S/C21H26ClN5O4S2/c22-14-3-7-17(8-4-14)25-21(29)26-11-12-27(33(30,31)18-2-1-13-32-18)20(26)19(28)24-16-9-5-15(23)6-10-16/h1-4,7-8,13,15-16,20H,5-6,9-12,23H2,(H,24,28)(H,25,29). The molecule has 0 spiro atoms. The van der Waals surface area contributed by atoms with Gasteiger partial charge in [-0.3, -0.25) is 9.69 Å². The molecule has 0 radical (unpaired) electrons. The molecule has 4 rings (SSSR count). The van der Waals surface area contributed by atoms with Crippen LogP contribution in [0.2, 0.25) is 5.02 Å². The van der Waals surface area contributed by atoms with Gasteiger partial charge in [0.2, 0.25) is 0 Å². The summed E-state index contributed by atoms with van der Waals surface area (Å²) >= 11 is 6.98. The second-order valence-corrected chi connectivity index (χ2v) is 11.7. The quantitative estimate of drug-likeness (QED) is 0.569. The van der Waals surface area contributed by atoms with Crippen molar-refractivity contribution in [2.75, 3.05) is 18.4 Å². The molecule has 3 amide bonds. The van der Waals surface area contributed by atoms with Crippen molar-refractivity contribution < 1.29 is 18.0 Å². The first-order chi connectivity index (χ1) is 15.8. The maximum atomic E-state index is 13.3. The van der Waals surface area contributed by atoms with Gasteiger partial charge in [0.05, 0.1) is 0 Å². The summed E-state index contributed by atoms with van der Waals surface area (Å²) in [5.74, 6) is -0.514. The number of benzene rings is 1. The lowest BCUT2D eigenvalue weighted by atomic mass is 9.92. The zero-order valence-corrected chi connectivity index (χ0v) is 20.2. The molecule has 1 aromatic heterocycles. The number of halogens is 1. The first-order valence-corrected chi connectivity index (χ1v) is 13.4. The third kappa shape index (κ3) is 5.33. The molecule has 2 aliphatic rings. The van der Waals surface area contributed by atoms with Gasteiger partial charge in [-0.15, -0.1) is 11.3 Å². The fourth-order valence-electron chi connectivity index (χ4n) is 4.14. The Hall–Kier alpha value is -2.18. The lowest BCUT2D eigenvalue weighted by Crippen LogP contribution is -2.56. The molecular formula is C21H26ClN5O4S2. The van der Waals surface area contributed by atoms with E-state index in [-0.39, 0.29) is 29.4 Å². The van der Waals surface area contributed by atoms with E-state index in [1.807, 2.05) is 0 Å². The molecule has 12 heteroatoms.